The van der Waals surface area contributed by atoms with Crippen molar-refractivity contribution >= 4 is 0 Å². The van der Waals surface area contributed by atoms with Gasteiger partial charge in [0.05, 0.1) is 6.54 Å². The van der Waals surface area contributed by atoms with Crippen LogP contribution in [0.5, 0.6) is 0 Å². The lowest BCUT2D eigenvalue weighted by Crippen LogP contribution is -2.03. The molecule has 0 unspecified atom stereocenters. The van der Waals surface area contributed by atoms with Crippen LogP contribution in [0.4, 0.5) is 0 Å². The van der Waals surface area contributed by atoms with E-state index in [0.717, 1.165) is 5.82 Å². The molecule has 0 saturated carbocycles. The van der Waals surface area contributed by atoms with Crippen LogP contribution >= 0.6 is 0 Å². The highest BCUT2D eigenvalue weighted by Gasteiger charge is 1.92. The van der Waals surface area contributed by atoms with E-state index >= 15 is 0 Å². The molecule has 0 aliphatic heterocycles. The van der Waals surface area contributed by atoms with E-state index in [-0.39, 0.29) is 0 Å². The molecule has 0 aliphatic carbocycles. The van der Waals surface area contributed by atoms with Gasteiger partial charge in [-0.3, -0.25) is 0 Å². The Kier molecular flexibility index (Phi) is 1.26. The van der Waals surface area contributed by atoms with E-state index in [0.29, 0.717) is 6.54 Å². The monoisotopic (exact) mass is 112 g/mol. The Morgan fingerprint density at radius 2 is 2.62 bits per heavy atom. The maximum absolute atomic E-state index is 5.27. The second-order valence-corrected chi connectivity index (χ2v) is 1.56. The van der Waals surface area contributed by atoms with Gasteiger partial charge in [0, 0.05) is 7.05 Å². The Hall–Kier alpha value is -0.900. The zero-order valence-electron chi connectivity index (χ0n) is 4.70. The molecule has 0 atom stereocenters. The van der Waals surface area contributed by atoms with Gasteiger partial charge in [-0.1, -0.05) is 0 Å². The van der Waals surface area contributed by atoms with Crippen molar-refractivity contribution < 1.29 is 0 Å². The Labute approximate surface area is 47.3 Å². The van der Waals surface area contributed by atoms with Crippen LogP contribution in [0.15, 0.2) is 6.33 Å². The number of nitrogens with two attached hydrogens (primary N) is 1. The fourth-order valence-corrected chi connectivity index (χ4v) is 0.492. The molecule has 0 amide bonds. The SMILES string of the molecule is Cn1cnnc1CN. The van der Waals surface area contributed by atoms with Gasteiger partial charge < -0.3 is 10.3 Å². The molecule has 44 valence electrons. The quantitative estimate of drug-likeness (QED) is 0.521. The molecule has 1 heterocycles. The Morgan fingerprint density at radius 1 is 1.88 bits per heavy atom. The van der Waals surface area contributed by atoms with E-state index in [2.05, 4.69) is 10.2 Å². The highest BCUT2D eigenvalue weighted by molar-refractivity contribution is 4.80. The lowest BCUT2D eigenvalue weighted by molar-refractivity contribution is 0.792. The molecule has 1 aromatic heterocycles. The van der Waals surface area contributed by atoms with E-state index < -0.39 is 0 Å². The average Bonchev–Trinajstić information content (AvgIpc) is 2.14. The molecule has 8 heavy (non-hydrogen) atoms. The minimum absolute atomic E-state index is 0.455. The van der Waals surface area contributed by atoms with Crippen molar-refractivity contribution in [3.05, 3.63) is 12.2 Å². The van der Waals surface area contributed by atoms with Crippen LogP contribution < -0.4 is 5.73 Å². The normalized spacial score (nSPS) is 9.75. The van der Waals surface area contributed by atoms with Crippen molar-refractivity contribution in [3.63, 3.8) is 0 Å². The van der Waals surface area contributed by atoms with Crippen LogP contribution in [0.1, 0.15) is 5.82 Å². The number of hydrogen-bond acceptors (Lipinski definition) is 3. The van der Waals surface area contributed by atoms with Crippen molar-refractivity contribution in [2.24, 2.45) is 12.8 Å². The van der Waals surface area contributed by atoms with Gasteiger partial charge >= 0.3 is 0 Å². The van der Waals surface area contributed by atoms with Gasteiger partial charge in [-0.25, -0.2) is 0 Å². The average molecular weight is 112 g/mol. The Morgan fingerprint density at radius 3 is 2.88 bits per heavy atom. The van der Waals surface area contributed by atoms with Crippen LogP contribution in [-0.2, 0) is 13.6 Å². The summed E-state index contributed by atoms with van der Waals surface area (Å²) in [4.78, 5) is 0. The van der Waals surface area contributed by atoms with E-state index in [4.69, 9.17) is 5.73 Å². The first-order valence-corrected chi connectivity index (χ1v) is 2.37. The smallest absolute Gasteiger partial charge is 0.146 e. The van der Waals surface area contributed by atoms with Gasteiger partial charge in [0.1, 0.15) is 12.2 Å². The zero-order chi connectivity index (χ0) is 5.98. The van der Waals surface area contributed by atoms with E-state index in [9.17, 15) is 0 Å². The third-order valence-corrected chi connectivity index (χ3v) is 0.988. The second-order valence-electron chi connectivity index (χ2n) is 1.56. The zero-order valence-corrected chi connectivity index (χ0v) is 4.70. The minimum atomic E-state index is 0.455. The van der Waals surface area contributed by atoms with Crippen LogP contribution in [0.2, 0.25) is 0 Å². The van der Waals surface area contributed by atoms with Gasteiger partial charge in [0.25, 0.3) is 0 Å². The van der Waals surface area contributed by atoms with Gasteiger partial charge in [-0.2, -0.15) is 0 Å². The first-order valence-electron chi connectivity index (χ1n) is 2.37. The molecule has 0 spiro atoms. The van der Waals surface area contributed by atoms with Crippen LogP contribution in [0, 0.1) is 0 Å². The molecule has 2 N–H and O–H groups in total. The topological polar surface area (TPSA) is 56.7 Å². The van der Waals surface area contributed by atoms with Crippen molar-refractivity contribution in [3.8, 4) is 0 Å². The Bertz CT molecular complexity index is 168. The summed E-state index contributed by atoms with van der Waals surface area (Å²) < 4.78 is 1.79. The van der Waals surface area contributed by atoms with Gasteiger partial charge in [0.2, 0.25) is 0 Å². The lowest BCUT2D eigenvalue weighted by atomic mass is 10.6. The molecule has 0 saturated heterocycles. The molecule has 0 aliphatic rings. The van der Waals surface area contributed by atoms with E-state index in [1.807, 2.05) is 7.05 Å². The number of hydrogen-bond donors (Lipinski definition) is 1. The Balaban J connectivity index is 2.92. The number of aryl methyl sites for hydroxylation is 1. The maximum Gasteiger partial charge on any atom is 0.146 e. The van der Waals surface area contributed by atoms with Crippen molar-refractivity contribution in [2.75, 3.05) is 0 Å². The fourth-order valence-electron chi connectivity index (χ4n) is 0.492. The molecule has 4 nitrogen and oxygen atoms in total. The van der Waals surface area contributed by atoms with Crippen LogP contribution in [0.25, 0.3) is 0 Å². The summed E-state index contributed by atoms with van der Waals surface area (Å²) in [6, 6.07) is 0. The van der Waals surface area contributed by atoms with Crippen molar-refractivity contribution in [2.45, 2.75) is 6.54 Å². The number of aromatic nitrogens is 3. The standard InChI is InChI=1S/C4H8N4/c1-8-3-6-7-4(8)2-5/h3H,2,5H2,1H3. The molecule has 0 fully saturated rings. The predicted octanol–water partition coefficient (Wildman–Crippen LogP) is -0.726. The predicted molar refractivity (Wildman–Crippen MR) is 28.9 cm³/mol. The third kappa shape index (κ3) is 0.696. The molecule has 0 aromatic carbocycles. The van der Waals surface area contributed by atoms with Crippen molar-refractivity contribution in [1.29, 1.82) is 0 Å². The summed E-state index contributed by atoms with van der Waals surface area (Å²) in [5.41, 5.74) is 5.27. The van der Waals surface area contributed by atoms with Gasteiger partial charge in [-0.15, -0.1) is 10.2 Å². The molecule has 1 aromatic rings. The lowest BCUT2D eigenvalue weighted by Gasteiger charge is -1.90. The summed E-state index contributed by atoms with van der Waals surface area (Å²) in [5, 5.41) is 7.35. The molecular weight excluding hydrogens is 104 g/mol. The van der Waals surface area contributed by atoms with E-state index in [1.54, 1.807) is 10.9 Å². The highest BCUT2D eigenvalue weighted by Crippen LogP contribution is 1.85. The van der Waals surface area contributed by atoms with Crippen LogP contribution in [0.3, 0.4) is 0 Å². The largest absolute Gasteiger partial charge is 0.324 e. The maximum atomic E-state index is 5.27. The first-order chi connectivity index (χ1) is 3.84. The summed E-state index contributed by atoms with van der Waals surface area (Å²) in [5.74, 6) is 0.810. The fraction of sp³-hybridized carbons (Fsp3) is 0.500. The number of nitrogens with zero attached hydrogens (tertiary/aromatic N) is 3. The number of rotatable bonds is 1. The summed E-state index contributed by atoms with van der Waals surface area (Å²) in [6.45, 7) is 0.455. The summed E-state index contributed by atoms with van der Waals surface area (Å²) in [6.07, 6.45) is 1.63. The van der Waals surface area contributed by atoms with Crippen LogP contribution in [-0.4, -0.2) is 14.8 Å². The summed E-state index contributed by atoms with van der Waals surface area (Å²) >= 11 is 0. The second kappa shape index (κ2) is 1.92. The molecule has 1 rings (SSSR count). The van der Waals surface area contributed by atoms with Crippen molar-refractivity contribution in [1.82, 2.24) is 14.8 Å². The molecule has 4 heteroatoms. The third-order valence-electron chi connectivity index (χ3n) is 0.988. The highest BCUT2D eigenvalue weighted by atomic mass is 15.2. The first kappa shape index (κ1) is 5.24. The molecule has 0 radical (unpaired) electrons. The summed E-state index contributed by atoms with van der Waals surface area (Å²) in [7, 11) is 1.86. The molecular formula is C4H8N4. The minimum Gasteiger partial charge on any atom is -0.324 e. The van der Waals surface area contributed by atoms with Gasteiger partial charge in [-0.05, 0) is 0 Å². The van der Waals surface area contributed by atoms with E-state index in [1.165, 1.54) is 0 Å². The molecule has 0 bridgehead atoms. The van der Waals surface area contributed by atoms with Gasteiger partial charge in [0.15, 0.2) is 0 Å².